The van der Waals surface area contributed by atoms with Gasteiger partial charge < -0.3 is 9.47 Å². The lowest BCUT2D eigenvalue weighted by atomic mass is 10.2. The van der Waals surface area contributed by atoms with E-state index in [2.05, 4.69) is 48.3 Å². The van der Waals surface area contributed by atoms with Crippen molar-refractivity contribution >= 4 is 44.0 Å². The second kappa shape index (κ2) is 10.00. The molecule has 0 heterocycles. The van der Waals surface area contributed by atoms with E-state index in [0.29, 0.717) is 17.1 Å². The average Bonchev–Trinajstić information content (AvgIpc) is 2.62. The first-order valence-corrected chi connectivity index (χ1v) is 9.19. The molecule has 7 heteroatoms. The molecule has 2 rings (SSSR count). The molecule has 2 aromatic rings. The maximum Gasteiger partial charge on any atom is 0.280 e. The standard InChI is InChI=1S/C19H16Br2N2O3/c1-3-10-25-17-9-8-15(20)11-14(17)12-22-23-19(24)13(2)26-18-7-5-4-6-16(18)21/h1,4-9,11-13H,10H2,2H3,(H,23,24). The molecule has 1 unspecified atom stereocenters. The molecule has 0 bridgehead atoms. The molecule has 0 aliphatic heterocycles. The van der Waals surface area contributed by atoms with Crippen molar-refractivity contribution in [1.29, 1.82) is 0 Å². The Bertz CT molecular complexity index is 847. The summed E-state index contributed by atoms with van der Waals surface area (Å²) in [5.74, 6) is 3.18. The summed E-state index contributed by atoms with van der Waals surface area (Å²) in [6, 6.07) is 12.7. The second-order valence-electron chi connectivity index (χ2n) is 5.10. The van der Waals surface area contributed by atoms with Gasteiger partial charge in [-0.2, -0.15) is 5.10 Å². The molecule has 0 aliphatic carbocycles. The fourth-order valence-corrected chi connectivity index (χ4v) is 2.67. The largest absolute Gasteiger partial charge is 0.480 e. The zero-order valence-electron chi connectivity index (χ0n) is 13.9. The summed E-state index contributed by atoms with van der Waals surface area (Å²) in [5.41, 5.74) is 3.13. The third-order valence-corrected chi connectivity index (χ3v) is 4.32. The highest BCUT2D eigenvalue weighted by atomic mass is 79.9. The quantitative estimate of drug-likeness (QED) is 0.369. The molecule has 0 spiro atoms. The monoisotopic (exact) mass is 478 g/mol. The number of nitrogens with one attached hydrogen (secondary N) is 1. The fraction of sp³-hybridized carbons (Fsp3) is 0.158. The van der Waals surface area contributed by atoms with Gasteiger partial charge in [0.25, 0.3) is 5.91 Å². The summed E-state index contributed by atoms with van der Waals surface area (Å²) in [7, 11) is 0. The number of hydrogen-bond donors (Lipinski definition) is 1. The molecule has 1 N–H and O–H groups in total. The lowest BCUT2D eigenvalue weighted by Crippen LogP contribution is -2.33. The fourth-order valence-electron chi connectivity index (χ4n) is 1.91. The number of halogens is 2. The number of benzene rings is 2. The number of carbonyl (C=O) groups excluding carboxylic acids is 1. The van der Waals surface area contributed by atoms with Crippen molar-refractivity contribution in [3.05, 3.63) is 57.0 Å². The molecule has 0 aliphatic rings. The van der Waals surface area contributed by atoms with Crippen LogP contribution in [-0.2, 0) is 4.79 Å². The van der Waals surface area contributed by atoms with Crippen LogP contribution in [0.15, 0.2) is 56.5 Å². The maximum absolute atomic E-state index is 12.1. The number of rotatable bonds is 7. The lowest BCUT2D eigenvalue weighted by molar-refractivity contribution is -0.127. The minimum Gasteiger partial charge on any atom is -0.480 e. The zero-order valence-corrected chi connectivity index (χ0v) is 17.1. The van der Waals surface area contributed by atoms with E-state index < -0.39 is 6.10 Å². The van der Waals surface area contributed by atoms with E-state index in [9.17, 15) is 4.79 Å². The number of amides is 1. The summed E-state index contributed by atoms with van der Waals surface area (Å²) < 4.78 is 12.7. The normalized spacial score (nSPS) is 11.6. The van der Waals surface area contributed by atoms with Gasteiger partial charge >= 0.3 is 0 Å². The van der Waals surface area contributed by atoms with Crippen LogP contribution in [-0.4, -0.2) is 24.8 Å². The molecule has 0 radical (unpaired) electrons. The van der Waals surface area contributed by atoms with Crippen molar-refractivity contribution in [2.45, 2.75) is 13.0 Å². The van der Waals surface area contributed by atoms with E-state index in [1.54, 1.807) is 19.1 Å². The summed E-state index contributed by atoms with van der Waals surface area (Å²) >= 11 is 6.76. The molecule has 2 aromatic carbocycles. The molecule has 1 atom stereocenters. The Kier molecular flexibility index (Phi) is 7.70. The molecule has 26 heavy (non-hydrogen) atoms. The smallest absolute Gasteiger partial charge is 0.280 e. The van der Waals surface area contributed by atoms with Gasteiger partial charge in [0.1, 0.15) is 18.1 Å². The van der Waals surface area contributed by atoms with Crippen LogP contribution in [0.3, 0.4) is 0 Å². The predicted octanol–water partition coefficient (Wildman–Crippen LogP) is 4.14. The van der Waals surface area contributed by atoms with Gasteiger partial charge in [-0.05, 0) is 53.2 Å². The van der Waals surface area contributed by atoms with E-state index in [-0.39, 0.29) is 12.5 Å². The number of terminal acetylenes is 1. The van der Waals surface area contributed by atoms with Crippen LogP contribution in [0.25, 0.3) is 0 Å². The van der Waals surface area contributed by atoms with Crippen LogP contribution >= 0.6 is 31.9 Å². The maximum atomic E-state index is 12.1. The summed E-state index contributed by atoms with van der Waals surface area (Å²) in [6.45, 7) is 1.79. The summed E-state index contributed by atoms with van der Waals surface area (Å²) in [5, 5.41) is 3.97. The third kappa shape index (κ3) is 5.90. The van der Waals surface area contributed by atoms with E-state index in [1.807, 2.05) is 30.3 Å². The number of hydrazone groups is 1. The number of carbonyl (C=O) groups is 1. The number of nitrogens with zero attached hydrogens (tertiary/aromatic N) is 1. The molecule has 5 nitrogen and oxygen atoms in total. The first kappa shape index (κ1) is 20.0. The van der Waals surface area contributed by atoms with Crippen molar-refractivity contribution in [2.24, 2.45) is 5.10 Å². The first-order valence-electron chi connectivity index (χ1n) is 7.61. The average molecular weight is 480 g/mol. The highest BCUT2D eigenvalue weighted by molar-refractivity contribution is 9.10. The SMILES string of the molecule is C#CCOc1ccc(Br)cc1C=NNC(=O)C(C)Oc1ccccc1Br. The van der Waals surface area contributed by atoms with Crippen LogP contribution in [0.2, 0.25) is 0 Å². The van der Waals surface area contributed by atoms with E-state index in [0.717, 1.165) is 8.95 Å². The zero-order chi connectivity index (χ0) is 18.9. The minimum atomic E-state index is -0.717. The minimum absolute atomic E-state index is 0.145. The van der Waals surface area contributed by atoms with E-state index in [1.165, 1.54) is 6.21 Å². The van der Waals surface area contributed by atoms with Crippen LogP contribution in [0, 0.1) is 12.3 Å². The van der Waals surface area contributed by atoms with Crippen molar-refractivity contribution in [1.82, 2.24) is 5.43 Å². The Labute approximate surface area is 169 Å². The van der Waals surface area contributed by atoms with Crippen LogP contribution in [0.1, 0.15) is 12.5 Å². The van der Waals surface area contributed by atoms with Gasteiger partial charge in [-0.3, -0.25) is 4.79 Å². The second-order valence-corrected chi connectivity index (χ2v) is 6.87. The Morgan fingerprint density at radius 3 is 2.81 bits per heavy atom. The molecule has 0 fully saturated rings. The van der Waals surface area contributed by atoms with Crippen molar-refractivity contribution < 1.29 is 14.3 Å². The highest BCUT2D eigenvalue weighted by Crippen LogP contribution is 2.25. The highest BCUT2D eigenvalue weighted by Gasteiger charge is 2.15. The number of ether oxygens (including phenoxy) is 2. The van der Waals surface area contributed by atoms with Crippen LogP contribution in [0.5, 0.6) is 11.5 Å². The van der Waals surface area contributed by atoms with E-state index >= 15 is 0 Å². The first-order chi connectivity index (χ1) is 12.5. The summed E-state index contributed by atoms with van der Waals surface area (Å²) in [4.78, 5) is 12.1. The van der Waals surface area contributed by atoms with Crippen molar-refractivity contribution in [3.8, 4) is 23.8 Å². The van der Waals surface area contributed by atoms with Gasteiger partial charge in [-0.25, -0.2) is 5.43 Å². The third-order valence-electron chi connectivity index (χ3n) is 3.17. The topological polar surface area (TPSA) is 59.9 Å². The molecule has 0 aromatic heterocycles. The van der Waals surface area contributed by atoms with Gasteiger partial charge in [-0.15, -0.1) is 6.42 Å². The van der Waals surface area contributed by atoms with Gasteiger partial charge in [0.2, 0.25) is 0 Å². The van der Waals surface area contributed by atoms with E-state index in [4.69, 9.17) is 15.9 Å². The number of para-hydroxylation sites is 1. The van der Waals surface area contributed by atoms with Gasteiger partial charge in [-0.1, -0.05) is 34.0 Å². The molecule has 0 saturated heterocycles. The molecular formula is C19H16Br2N2O3. The molecule has 0 saturated carbocycles. The molecule has 134 valence electrons. The Hall–Kier alpha value is -2.30. The van der Waals surface area contributed by atoms with Gasteiger partial charge in [0, 0.05) is 10.0 Å². The molecule has 1 amide bonds. The number of hydrogen-bond acceptors (Lipinski definition) is 4. The van der Waals surface area contributed by atoms with Crippen LogP contribution < -0.4 is 14.9 Å². The Morgan fingerprint density at radius 2 is 2.08 bits per heavy atom. The predicted molar refractivity (Wildman–Crippen MR) is 108 cm³/mol. The summed E-state index contributed by atoms with van der Waals surface area (Å²) in [6.07, 6.45) is 5.98. The Morgan fingerprint density at radius 1 is 1.31 bits per heavy atom. The Balaban J connectivity index is 1.99. The van der Waals surface area contributed by atoms with Crippen molar-refractivity contribution in [3.63, 3.8) is 0 Å². The van der Waals surface area contributed by atoms with Gasteiger partial charge in [0.05, 0.1) is 10.7 Å². The van der Waals surface area contributed by atoms with Gasteiger partial charge in [0.15, 0.2) is 6.10 Å². The lowest BCUT2D eigenvalue weighted by Gasteiger charge is -2.14. The molecular weight excluding hydrogens is 464 g/mol. The van der Waals surface area contributed by atoms with Crippen LogP contribution in [0.4, 0.5) is 0 Å². The van der Waals surface area contributed by atoms with Crippen molar-refractivity contribution in [2.75, 3.05) is 6.61 Å².